The molecule has 1 N–H and O–H groups in total. The minimum Gasteiger partial charge on any atom is -0.493 e. The molecule has 0 unspecified atom stereocenters. The quantitative estimate of drug-likeness (QED) is 0.888. The standard InChI is InChI=1S/C19H21N3O4/c1-13-11-19(24,15-5-4-8-20-12-15)22(21-13)18(23)10-14-6-7-16(25-2)17(9-14)26-3/h4-9,12,24H,10-11H2,1-3H3/t19-/m0/s1. The largest absolute Gasteiger partial charge is 0.493 e. The van der Waals surface area contributed by atoms with E-state index in [1.807, 2.05) is 0 Å². The fraction of sp³-hybridized carbons (Fsp3) is 0.316. The van der Waals surface area contributed by atoms with E-state index in [-0.39, 0.29) is 18.7 Å². The van der Waals surface area contributed by atoms with Gasteiger partial charge in [0, 0.05) is 30.1 Å². The van der Waals surface area contributed by atoms with Gasteiger partial charge in [0.2, 0.25) is 5.91 Å². The first-order valence-electron chi connectivity index (χ1n) is 8.19. The van der Waals surface area contributed by atoms with Crippen LogP contribution in [0.3, 0.4) is 0 Å². The molecule has 1 aromatic carbocycles. The molecule has 1 aliphatic heterocycles. The van der Waals surface area contributed by atoms with Crippen molar-refractivity contribution < 1.29 is 19.4 Å². The zero-order valence-corrected chi connectivity index (χ0v) is 15.0. The molecular weight excluding hydrogens is 334 g/mol. The highest BCUT2D eigenvalue weighted by Gasteiger charge is 2.44. The highest BCUT2D eigenvalue weighted by atomic mass is 16.5. The Labute approximate surface area is 151 Å². The van der Waals surface area contributed by atoms with Gasteiger partial charge < -0.3 is 14.6 Å². The van der Waals surface area contributed by atoms with E-state index < -0.39 is 5.72 Å². The Kier molecular flexibility index (Phi) is 4.90. The molecule has 1 amide bonds. The maximum Gasteiger partial charge on any atom is 0.250 e. The Morgan fingerprint density at radius 3 is 2.69 bits per heavy atom. The summed E-state index contributed by atoms with van der Waals surface area (Å²) in [5.74, 6) is 0.812. The number of nitrogens with zero attached hydrogens (tertiary/aromatic N) is 3. The van der Waals surface area contributed by atoms with Crippen LogP contribution in [0.2, 0.25) is 0 Å². The van der Waals surface area contributed by atoms with Gasteiger partial charge in [-0.1, -0.05) is 12.1 Å². The third-order valence-corrected chi connectivity index (χ3v) is 4.29. The van der Waals surface area contributed by atoms with E-state index in [1.54, 1.807) is 63.9 Å². The summed E-state index contributed by atoms with van der Waals surface area (Å²) in [5, 5.41) is 16.5. The topological polar surface area (TPSA) is 84.2 Å². The third-order valence-electron chi connectivity index (χ3n) is 4.29. The molecule has 136 valence electrons. The maximum absolute atomic E-state index is 12.9. The van der Waals surface area contributed by atoms with Crippen molar-refractivity contribution in [2.24, 2.45) is 5.10 Å². The maximum atomic E-state index is 12.9. The SMILES string of the molecule is COc1ccc(CC(=O)N2N=C(C)C[C@]2(O)c2cccnc2)cc1OC. The Morgan fingerprint density at radius 1 is 1.27 bits per heavy atom. The minimum absolute atomic E-state index is 0.0692. The molecular formula is C19H21N3O4. The van der Waals surface area contributed by atoms with Gasteiger partial charge >= 0.3 is 0 Å². The molecule has 0 saturated carbocycles. The van der Waals surface area contributed by atoms with Crippen molar-refractivity contribution in [3.8, 4) is 11.5 Å². The van der Waals surface area contributed by atoms with Gasteiger partial charge in [-0.2, -0.15) is 10.1 Å². The second-order valence-electron chi connectivity index (χ2n) is 6.14. The average molecular weight is 355 g/mol. The van der Waals surface area contributed by atoms with E-state index in [0.717, 1.165) is 10.6 Å². The lowest BCUT2D eigenvalue weighted by molar-refractivity contribution is -0.157. The number of benzene rings is 1. The smallest absolute Gasteiger partial charge is 0.250 e. The molecule has 3 rings (SSSR count). The molecule has 1 aromatic heterocycles. The monoisotopic (exact) mass is 355 g/mol. The van der Waals surface area contributed by atoms with Gasteiger partial charge in [0.05, 0.1) is 20.6 Å². The van der Waals surface area contributed by atoms with E-state index in [2.05, 4.69) is 10.1 Å². The lowest BCUT2D eigenvalue weighted by Crippen LogP contribution is -2.44. The molecule has 0 radical (unpaired) electrons. The van der Waals surface area contributed by atoms with Gasteiger partial charge in [-0.15, -0.1) is 0 Å². The molecule has 0 fully saturated rings. The fourth-order valence-electron chi connectivity index (χ4n) is 3.05. The molecule has 2 heterocycles. The average Bonchev–Trinajstić information content (AvgIpc) is 2.98. The second-order valence-corrected chi connectivity index (χ2v) is 6.14. The van der Waals surface area contributed by atoms with Crippen molar-refractivity contribution >= 4 is 11.6 Å². The summed E-state index contributed by atoms with van der Waals surface area (Å²) < 4.78 is 10.5. The molecule has 0 aliphatic carbocycles. The van der Waals surface area contributed by atoms with Gasteiger partial charge in [-0.25, -0.2) is 0 Å². The molecule has 1 atom stereocenters. The lowest BCUT2D eigenvalue weighted by Gasteiger charge is -2.31. The van der Waals surface area contributed by atoms with Crippen LogP contribution in [0.1, 0.15) is 24.5 Å². The van der Waals surface area contributed by atoms with Crippen LogP contribution in [-0.4, -0.2) is 40.9 Å². The predicted octanol–water partition coefficient (Wildman–Crippen LogP) is 2.09. The minimum atomic E-state index is -1.52. The van der Waals surface area contributed by atoms with Crippen LogP contribution in [0.15, 0.2) is 47.8 Å². The summed E-state index contributed by atoms with van der Waals surface area (Å²) in [6.45, 7) is 1.78. The first-order chi connectivity index (χ1) is 12.5. The number of carbonyl (C=O) groups excluding carboxylic acids is 1. The molecule has 2 aromatic rings. The van der Waals surface area contributed by atoms with Crippen LogP contribution < -0.4 is 9.47 Å². The van der Waals surface area contributed by atoms with E-state index in [4.69, 9.17) is 9.47 Å². The first-order valence-corrected chi connectivity index (χ1v) is 8.19. The Morgan fingerprint density at radius 2 is 2.04 bits per heavy atom. The number of ether oxygens (including phenoxy) is 2. The van der Waals surface area contributed by atoms with Gasteiger partial charge in [-0.3, -0.25) is 9.78 Å². The number of hydrogen-bond acceptors (Lipinski definition) is 6. The molecule has 0 spiro atoms. The third kappa shape index (κ3) is 3.25. The summed E-state index contributed by atoms with van der Waals surface area (Å²) in [7, 11) is 3.09. The molecule has 1 aliphatic rings. The van der Waals surface area contributed by atoms with Crippen LogP contribution in [0.4, 0.5) is 0 Å². The van der Waals surface area contributed by atoms with Crippen molar-refractivity contribution in [2.45, 2.75) is 25.5 Å². The predicted molar refractivity (Wildman–Crippen MR) is 96.0 cm³/mol. The lowest BCUT2D eigenvalue weighted by atomic mass is 9.99. The number of methoxy groups -OCH3 is 2. The molecule has 7 heteroatoms. The molecule has 0 saturated heterocycles. The van der Waals surface area contributed by atoms with Gasteiger partial charge in [0.25, 0.3) is 0 Å². The summed E-state index contributed by atoms with van der Waals surface area (Å²) in [6.07, 6.45) is 3.48. The number of aromatic nitrogens is 1. The van der Waals surface area contributed by atoms with Crippen LogP contribution in [0.25, 0.3) is 0 Å². The van der Waals surface area contributed by atoms with Crippen molar-refractivity contribution in [1.29, 1.82) is 0 Å². The summed E-state index contributed by atoms with van der Waals surface area (Å²) in [6, 6.07) is 8.73. The number of aliphatic hydroxyl groups is 1. The van der Waals surface area contributed by atoms with E-state index in [9.17, 15) is 9.90 Å². The molecule has 7 nitrogen and oxygen atoms in total. The number of hydrogen-bond donors (Lipinski definition) is 1. The van der Waals surface area contributed by atoms with E-state index in [0.29, 0.717) is 22.8 Å². The van der Waals surface area contributed by atoms with Crippen LogP contribution in [0.5, 0.6) is 11.5 Å². The second kappa shape index (κ2) is 7.13. The summed E-state index contributed by atoms with van der Waals surface area (Å²) in [5.41, 5.74) is 0.422. The number of carbonyl (C=O) groups is 1. The highest BCUT2D eigenvalue weighted by molar-refractivity contribution is 5.89. The number of rotatable bonds is 5. The van der Waals surface area contributed by atoms with Gasteiger partial charge in [0.15, 0.2) is 17.2 Å². The highest BCUT2D eigenvalue weighted by Crippen LogP contribution is 2.35. The van der Waals surface area contributed by atoms with Crippen molar-refractivity contribution in [3.63, 3.8) is 0 Å². The summed E-state index contributed by atoms with van der Waals surface area (Å²) in [4.78, 5) is 16.9. The fourth-order valence-corrected chi connectivity index (χ4v) is 3.05. The number of pyridine rings is 1. The van der Waals surface area contributed by atoms with Crippen LogP contribution in [-0.2, 0) is 16.9 Å². The normalized spacial score (nSPS) is 19.2. The van der Waals surface area contributed by atoms with Crippen LogP contribution >= 0.6 is 0 Å². The Hall–Kier alpha value is -2.93. The van der Waals surface area contributed by atoms with Gasteiger partial charge in [-0.05, 0) is 30.7 Å². The molecule has 0 bridgehead atoms. The van der Waals surface area contributed by atoms with Crippen LogP contribution in [0, 0.1) is 0 Å². The number of hydrazone groups is 1. The van der Waals surface area contributed by atoms with E-state index in [1.165, 1.54) is 0 Å². The Balaban J connectivity index is 1.86. The van der Waals surface area contributed by atoms with Crippen molar-refractivity contribution in [1.82, 2.24) is 9.99 Å². The Bertz CT molecular complexity index is 838. The summed E-state index contributed by atoms with van der Waals surface area (Å²) >= 11 is 0. The first kappa shape index (κ1) is 17.9. The van der Waals surface area contributed by atoms with Crippen molar-refractivity contribution in [3.05, 3.63) is 53.9 Å². The zero-order valence-electron chi connectivity index (χ0n) is 15.0. The van der Waals surface area contributed by atoms with Gasteiger partial charge in [0.1, 0.15) is 0 Å². The van der Waals surface area contributed by atoms with E-state index >= 15 is 0 Å². The molecule has 26 heavy (non-hydrogen) atoms. The number of amides is 1. The zero-order chi connectivity index (χ0) is 18.7. The van der Waals surface area contributed by atoms with Crippen molar-refractivity contribution in [2.75, 3.05) is 14.2 Å².